The highest BCUT2D eigenvalue weighted by molar-refractivity contribution is 5.84. The molecular formula is C10H13NO2. The Kier molecular flexibility index (Phi) is 2.90. The Morgan fingerprint density at radius 1 is 1.46 bits per heavy atom. The van der Waals surface area contributed by atoms with Crippen molar-refractivity contribution in [2.24, 2.45) is 5.16 Å². The van der Waals surface area contributed by atoms with Gasteiger partial charge in [0.05, 0.1) is 6.21 Å². The number of phenolic OH excluding ortho intramolecular Hbond substituents is 1. The van der Waals surface area contributed by atoms with Crippen molar-refractivity contribution in [2.75, 3.05) is 0 Å². The van der Waals surface area contributed by atoms with E-state index in [4.69, 9.17) is 5.21 Å². The minimum absolute atomic E-state index is 0.176. The molecule has 0 aromatic heterocycles. The summed E-state index contributed by atoms with van der Waals surface area (Å²) in [7, 11) is 0. The molecule has 1 aromatic rings. The summed E-state index contributed by atoms with van der Waals surface area (Å²) in [5.41, 5.74) is 2.47. The molecule has 0 heterocycles. The van der Waals surface area contributed by atoms with Crippen molar-refractivity contribution >= 4 is 6.21 Å². The first kappa shape index (κ1) is 9.58. The molecule has 0 atom stereocenters. The quantitative estimate of drug-likeness (QED) is 0.415. The van der Waals surface area contributed by atoms with E-state index in [1.807, 2.05) is 26.0 Å². The number of oxime groups is 1. The van der Waals surface area contributed by atoms with Crippen LogP contribution in [0.15, 0.2) is 17.3 Å². The molecule has 0 radical (unpaired) electrons. The number of aryl methyl sites for hydroxylation is 2. The van der Waals surface area contributed by atoms with Gasteiger partial charge in [0, 0.05) is 5.56 Å². The van der Waals surface area contributed by atoms with Gasteiger partial charge in [-0.05, 0) is 30.5 Å². The third-order valence-electron chi connectivity index (χ3n) is 1.99. The summed E-state index contributed by atoms with van der Waals surface area (Å²) in [5, 5.41) is 20.8. The first-order valence-electron chi connectivity index (χ1n) is 4.19. The van der Waals surface area contributed by atoms with Gasteiger partial charge >= 0.3 is 0 Å². The van der Waals surface area contributed by atoms with Gasteiger partial charge in [-0.1, -0.05) is 18.1 Å². The third kappa shape index (κ3) is 1.99. The molecule has 0 amide bonds. The molecule has 1 aromatic carbocycles. The Hall–Kier alpha value is -1.51. The van der Waals surface area contributed by atoms with Gasteiger partial charge in [-0.2, -0.15) is 0 Å². The highest BCUT2D eigenvalue weighted by Gasteiger charge is 2.04. The molecule has 0 aliphatic heterocycles. The highest BCUT2D eigenvalue weighted by Crippen LogP contribution is 2.22. The molecule has 0 bridgehead atoms. The third-order valence-corrected chi connectivity index (χ3v) is 1.99. The summed E-state index contributed by atoms with van der Waals surface area (Å²) in [6, 6.07) is 3.73. The normalized spacial score (nSPS) is 10.9. The lowest BCUT2D eigenvalue weighted by atomic mass is 10.0. The standard InChI is InChI=1S/C10H13NO2/c1-3-8-4-7(2)10(12)9(5-8)6-11-13/h4-6,12-13H,3H2,1-2H3/b11-6+. The van der Waals surface area contributed by atoms with Crippen LogP contribution in [-0.2, 0) is 6.42 Å². The number of benzene rings is 1. The zero-order valence-corrected chi connectivity index (χ0v) is 7.78. The Morgan fingerprint density at radius 2 is 2.15 bits per heavy atom. The van der Waals surface area contributed by atoms with Crippen LogP contribution in [0.1, 0.15) is 23.6 Å². The average molecular weight is 179 g/mol. The van der Waals surface area contributed by atoms with Crippen LogP contribution < -0.4 is 0 Å². The molecule has 0 fully saturated rings. The molecule has 70 valence electrons. The van der Waals surface area contributed by atoms with E-state index < -0.39 is 0 Å². The van der Waals surface area contributed by atoms with Crippen molar-refractivity contribution in [1.29, 1.82) is 0 Å². The van der Waals surface area contributed by atoms with Crippen LogP contribution in [0.3, 0.4) is 0 Å². The maximum absolute atomic E-state index is 9.55. The molecule has 1 rings (SSSR count). The van der Waals surface area contributed by atoms with Crippen molar-refractivity contribution in [3.63, 3.8) is 0 Å². The minimum atomic E-state index is 0.176. The highest BCUT2D eigenvalue weighted by atomic mass is 16.4. The van der Waals surface area contributed by atoms with Crippen LogP contribution in [0, 0.1) is 6.92 Å². The summed E-state index contributed by atoms with van der Waals surface area (Å²) in [4.78, 5) is 0. The fourth-order valence-electron chi connectivity index (χ4n) is 1.25. The van der Waals surface area contributed by atoms with Crippen LogP contribution in [-0.4, -0.2) is 16.5 Å². The summed E-state index contributed by atoms with van der Waals surface area (Å²) in [5.74, 6) is 0.176. The van der Waals surface area contributed by atoms with Crippen LogP contribution >= 0.6 is 0 Å². The van der Waals surface area contributed by atoms with Gasteiger partial charge in [-0.25, -0.2) is 0 Å². The Morgan fingerprint density at radius 3 is 2.69 bits per heavy atom. The van der Waals surface area contributed by atoms with Crippen molar-refractivity contribution in [3.8, 4) is 5.75 Å². The molecule has 0 aliphatic carbocycles. The largest absolute Gasteiger partial charge is 0.507 e. The van der Waals surface area contributed by atoms with Crippen molar-refractivity contribution in [3.05, 3.63) is 28.8 Å². The van der Waals surface area contributed by atoms with Crippen molar-refractivity contribution in [2.45, 2.75) is 20.3 Å². The monoisotopic (exact) mass is 179 g/mol. The number of aromatic hydroxyl groups is 1. The SMILES string of the molecule is CCc1cc(C)c(O)c(/C=N/O)c1. The van der Waals surface area contributed by atoms with E-state index in [1.165, 1.54) is 6.21 Å². The number of hydrogen-bond donors (Lipinski definition) is 2. The maximum atomic E-state index is 9.55. The fraction of sp³-hybridized carbons (Fsp3) is 0.300. The predicted octanol–water partition coefficient (Wildman–Crippen LogP) is 2.07. The minimum Gasteiger partial charge on any atom is -0.507 e. The van der Waals surface area contributed by atoms with E-state index in [1.54, 1.807) is 0 Å². The van der Waals surface area contributed by atoms with E-state index in [0.717, 1.165) is 17.5 Å². The summed E-state index contributed by atoms with van der Waals surface area (Å²) < 4.78 is 0. The molecular weight excluding hydrogens is 166 g/mol. The Bertz CT molecular complexity index is 332. The smallest absolute Gasteiger partial charge is 0.127 e. The van der Waals surface area contributed by atoms with Gasteiger partial charge in [-0.15, -0.1) is 0 Å². The molecule has 0 saturated heterocycles. The zero-order chi connectivity index (χ0) is 9.84. The van der Waals surface area contributed by atoms with E-state index >= 15 is 0 Å². The van der Waals surface area contributed by atoms with Gasteiger partial charge < -0.3 is 10.3 Å². The molecule has 2 N–H and O–H groups in total. The molecule has 0 spiro atoms. The first-order valence-corrected chi connectivity index (χ1v) is 4.19. The first-order chi connectivity index (χ1) is 6.19. The van der Waals surface area contributed by atoms with Gasteiger partial charge in [0.1, 0.15) is 5.75 Å². The summed E-state index contributed by atoms with van der Waals surface area (Å²) in [6.07, 6.45) is 2.13. The fourth-order valence-corrected chi connectivity index (χ4v) is 1.25. The zero-order valence-electron chi connectivity index (χ0n) is 7.78. The van der Waals surface area contributed by atoms with Gasteiger partial charge in [0.2, 0.25) is 0 Å². The second-order valence-electron chi connectivity index (χ2n) is 2.95. The van der Waals surface area contributed by atoms with Crippen LogP contribution in [0.25, 0.3) is 0 Å². The molecule has 0 aliphatic rings. The number of phenols is 1. The molecule has 13 heavy (non-hydrogen) atoms. The van der Waals surface area contributed by atoms with Crippen LogP contribution in [0.5, 0.6) is 5.75 Å². The Labute approximate surface area is 77.3 Å². The lowest BCUT2D eigenvalue weighted by Gasteiger charge is -2.05. The van der Waals surface area contributed by atoms with Gasteiger partial charge in [0.15, 0.2) is 0 Å². The molecule has 0 unspecified atom stereocenters. The Balaban J connectivity index is 3.24. The lowest BCUT2D eigenvalue weighted by molar-refractivity contribution is 0.321. The number of rotatable bonds is 2. The van der Waals surface area contributed by atoms with Crippen molar-refractivity contribution in [1.82, 2.24) is 0 Å². The average Bonchev–Trinajstić information content (AvgIpc) is 2.13. The molecule has 0 saturated carbocycles. The molecule has 3 heteroatoms. The van der Waals surface area contributed by atoms with Gasteiger partial charge in [0.25, 0.3) is 0 Å². The van der Waals surface area contributed by atoms with Crippen LogP contribution in [0.2, 0.25) is 0 Å². The predicted molar refractivity (Wildman–Crippen MR) is 51.6 cm³/mol. The second kappa shape index (κ2) is 3.94. The van der Waals surface area contributed by atoms with E-state index in [2.05, 4.69) is 5.16 Å². The van der Waals surface area contributed by atoms with E-state index in [0.29, 0.717) is 5.56 Å². The lowest BCUT2D eigenvalue weighted by Crippen LogP contribution is -1.90. The molecule has 3 nitrogen and oxygen atoms in total. The van der Waals surface area contributed by atoms with Crippen molar-refractivity contribution < 1.29 is 10.3 Å². The second-order valence-corrected chi connectivity index (χ2v) is 2.95. The topological polar surface area (TPSA) is 52.8 Å². The van der Waals surface area contributed by atoms with Crippen LogP contribution in [0.4, 0.5) is 0 Å². The van der Waals surface area contributed by atoms with Gasteiger partial charge in [-0.3, -0.25) is 0 Å². The summed E-state index contributed by atoms with van der Waals surface area (Å²) >= 11 is 0. The summed E-state index contributed by atoms with van der Waals surface area (Å²) in [6.45, 7) is 3.86. The maximum Gasteiger partial charge on any atom is 0.127 e. The van der Waals surface area contributed by atoms with E-state index in [-0.39, 0.29) is 5.75 Å². The number of hydrogen-bond acceptors (Lipinski definition) is 3. The number of nitrogens with zero attached hydrogens (tertiary/aromatic N) is 1. The van der Waals surface area contributed by atoms with E-state index in [9.17, 15) is 5.11 Å².